The molecule has 0 radical (unpaired) electrons. The molecule has 0 saturated carbocycles. The van der Waals surface area contributed by atoms with E-state index in [0.717, 1.165) is 25.7 Å². The highest BCUT2D eigenvalue weighted by molar-refractivity contribution is 5.72. The summed E-state index contributed by atoms with van der Waals surface area (Å²) in [5.74, 6) is -0.0608. The quantitative estimate of drug-likeness (QED) is 0.344. The van der Waals surface area contributed by atoms with Gasteiger partial charge in [0.25, 0.3) is 0 Å². The van der Waals surface area contributed by atoms with E-state index in [1.165, 1.54) is 0 Å². The zero-order valence-corrected chi connectivity index (χ0v) is 13.9. The molecule has 0 aromatic rings. The van der Waals surface area contributed by atoms with Crippen LogP contribution >= 0.6 is 0 Å². The van der Waals surface area contributed by atoms with E-state index in [2.05, 4.69) is 6.92 Å². The third kappa shape index (κ3) is 12.8. The van der Waals surface area contributed by atoms with E-state index in [0.29, 0.717) is 46.2 Å². The van der Waals surface area contributed by atoms with E-state index in [-0.39, 0.29) is 11.9 Å². The molecule has 0 N–H and O–H groups in total. The van der Waals surface area contributed by atoms with Gasteiger partial charge < -0.3 is 18.9 Å². The maximum atomic E-state index is 11.8. The minimum atomic E-state index is -0.0949. The lowest BCUT2D eigenvalue weighted by Crippen LogP contribution is -2.20. The number of hydrogen-bond donors (Lipinski definition) is 0. The number of ether oxygens (including phenoxy) is 4. The zero-order chi connectivity index (χ0) is 15.8. The molecule has 0 spiro atoms. The number of carbonyl (C=O) groups is 1. The van der Waals surface area contributed by atoms with E-state index < -0.39 is 0 Å². The minimum absolute atomic E-state index is 0.0341. The van der Waals surface area contributed by atoms with Gasteiger partial charge in [0.15, 0.2) is 0 Å². The summed E-state index contributed by atoms with van der Waals surface area (Å²) in [5.41, 5.74) is 0. The van der Waals surface area contributed by atoms with Crippen molar-refractivity contribution in [2.24, 2.45) is 5.92 Å². The molecule has 0 saturated heterocycles. The first kappa shape index (κ1) is 20.3. The van der Waals surface area contributed by atoms with Crippen LogP contribution in [0.5, 0.6) is 0 Å². The number of hydrogen-bond acceptors (Lipinski definition) is 5. The van der Waals surface area contributed by atoms with Gasteiger partial charge in [0.2, 0.25) is 0 Å². The lowest BCUT2D eigenvalue weighted by molar-refractivity contribution is -0.150. The lowest BCUT2D eigenvalue weighted by Gasteiger charge is -2.13. The van der Waals surface area contributed by atoms with Crippen molar-refractivity contribution in [1.82, 2.24) is 0 Å². The summed E-state index contributed by atoms with van der Waals surface area (Å²) < 4.78 is 21.0. The number of esters is 1. The molecule has 21 heavy (non-hydrogen) atoms. The van der Waals surface area contributed by atoms with Gasteiger partial charge in [0.1, 0.15) is 6.61 Å². The SMILES string of the molecule is CCCCC(CC)C(=O)OCCOCCOCCOCC. The normalized spacial score (nSPS) is 12.3. The van der Waals surface area contributed by atoms with Gasteiger partial charge in [-0.25, -0.2) is 0 Å². The smallest absolute Gasteiger partial charge is 0.308 e. The molecule has 0 aliphatic carbocycles. The Hall–Kier alpha value is -0.650. The first-order valence-electron chi connectivity index (χ1n) is 8.16. The average molecular weight is 304 g/mol. The fraction of sp³-hybridized carbons (Fsp3) is 0.938. The monoisotopic (exact) mass is 304 g/mol. The molecular formula is C16H32O5. The third-order valence-corrected chi connectivity index (χ3v) is 3.15. The Morgan fingerprint density at radius 1 is 0.857 bits per heavy atom. The van der Waals surface area contributed by atoms with Gasteiger partial charge in [-0.3, -0.25) is 4.79 Å². The highest BCUT2D eigenvalue weighted by Gasteiger charge is 2.16. The van der Waals surface area contributed by atoms with Crippen LogP contribution in [0.1, 0.15) is 46.5 Å². The molecule has 0 rings (SSSR count). The van der Waals surface area contributed by atoms with Gasteiger partial charge in [-0.1, -0.05) is 26.7 Å². The number of carbonyl (C=O) groups excluding carboxylic acids is 1. The Morgan fingerprint density at radius 3 is 1.95 bits per heavy atom. The molecule has 0 heterocycles. The molecular weight excluding hydrogens is 272 g/mol. The van der Waals surface area contributed by atoms with Gasteiger partial charge >= 0.3 is 5.97 Å². The minimum Gasteiger partial charge on any atom is -0.463 e. The van der Waals surface area contributed by atoms with Gasteiger partial charge in [0.05, 0.1) is 39.0 Å². The first-order valence-corrected chi connectivity index (χ1v) is 8.16. The van der Waals surface area contributed by atoms with Crippen LogP contribution in [0.3, 0.4) is 0 Å². The number of unbranched alkanes of at least 4 members (excludes halogenated alkanes) is 1. The Kier molecular flexibility index (Phi) is 15.2. The van der Waals surface area contributed by atoms with Crippen molar-refractivity contribution in [2.75, 3.05) is 46.2 Å². The molecule has 5 heteroatoms. The van der Waals surface area contributed by atoms with Crippen molar-refractivity contribution >= 4 is 5.97 Å². The maximum Gasteiger partial charge on any atom is 0.308 e. The second-order valence-electron chi connectivity index (χ2n) is 4.84. The first-order chi connectivity index (χ1) is 10.3. The van der Waals surface area contributed by atoms with Crippen LogP contribution in [0, 0.1) is 5.92 Å². The molecule has 0 fully saturated rings. The van der Waals surface area contributed by atoms with Crippen LogP contribution in [-0.2, 0) is 23.7 Å². The fourth-order valence-electron chi connectivity index (χ4n) is 1.84. The standard InChI is InChI=1S/C16H32O5/c1-4-7-8-15(5-2)16(17)21-14-13-20-12-11-19-10-9-18-6-3/h15H,4-14H2,1-3H3. The summed E-state index contributed by atoms with van der Waals surface area (Å²) in [5, 5.41) is 0. The molecule has 0 aliphatic heterocycles. The highest BCUT2D eigenvalue weighted by atomic mass is 16.6. The van der Waals surface area contributed by atoms with E-state index in [1.54, 1.807) is 0 Å². The van der Waals surface area contributed by atoms with E-state index >= 15 is 0 Å². The second-order valence-corrected chi connectivity index (χ2v) is 4.84. The van der Waals surface area contributed by atoms with E-state index in [9.17, 15) is 4.79 Å². The molecule has 0 bridgehead atoms. The molecule has 0 aromatic heterocycles. The molecule has 0 amide bonds. The van der Waals surface area contributed by atoms with Crippen LogP contribution in [0.2, 0.25) is 0 Å². The van der Waals surface area contributed by atoms with Crippen molar-refractivity contribution in [2.45, 2.75) is 46.5 Å². The summed E-state index contributed by atoms with van der Waals surface area (Å²) >= 11 is 0. The third-order valence-electron chi connectivity index (χ3n) is 3.15. The predicted molar refractivity (Wildman–Crippen MR) is 82.4 cm³/mol. The fourth-order valence-corrected chi connectivity index (χ4v) is 1.84. The highest BCUT2D eigenvalue weighted by Crippen LogP contribution is 2.14. The van der Waals surface area contributed by atoms with Crippen LogP contribution in [-0.4, -0.2) is 52.2 Å². The topological polar surface area (TPSA) is 54.0 Å². The maximum absolute atomic E-state index is 11.8. The van der Waals surface area contributed by atoms with Crippen molar-refractivity contribution in [3.63, 3.8) is 0 Å². The largest absolute Gasteiger partial charge is 0.463 e. The van der Waals surface area contributed by atoms with Crippen molar-refractivity contribution in [3.8, 4) is 0 Å². The van der Waals surface area contributed by atoms with Crippen molar-refractivity contribution < 1.29 is 23.7 Å². The average Bonchev–Trinajstić information content (AvgIpc) is 2.50. The van der Waals surface area contributed by atoms with Gasteiger partial charge in [0, 0.05) is 6.61 Å². The van der Waals surface area contributed by atoms with Crippen LogP contribution in [0.15, 0.2) is 0 Å². The molecule has 0 aliphatic rings. The van der Waals surface area contributed by atoms with Crippen LogP contribution in [0.4, 0.5) is 0 Å². The summed E-state index contributed by atoms with van der Waals surface area (Å²) in [7, 11) is 0. The summed E-state index contributed by atoms with van der Waals surface area (Å²) in [4.78, 5) is 11.8. The molecule has 1 unspecified atom stereocenters. The molecule has 1 atom stereocenters. The van der Waals surface area contributed by atoms with Crippen molar-refractivity contribution in [3.05, 3.63) is 0 Å². The lowest BCUT2D eigenvalue weighted by atomic mass is 10.00. The Morgan fingerprint density at radius 2 is 1.43 bits per heavy atom. The molecule has 0 aromatic carbocycles. The summed E-state index contributed by atoms with van der Waals surface area (Å²) in [6.45, 7) is 9.81. The van der Waals surface area contributed by atoms with E-state index in [4.69, 9.17) is 18.9 Å². The Labute approximate surface area is 129 Å². The van der Waals surface area contributed by atoms with Crippen LogP contribution < -0.4 is 0 Å². The van der Waals surface area contributed by atoms with Crippen molar-refractivity contribution in [1.29, 1.82) is 0 Å². The van der Waals surface area contributed by atoms with Crippen LogP contribution in [0.25, 0.3) is 0 Å². The summed E-state index contributed by atoms with van der Waals surface area (Å²) in [6, 6.07) is 0. The number of rotatable bonds is 15. The molecule has 126 valence electrons. The Bertz CT molecular complexity index is 233. The summed E-state index contributed by atoms with van der Waals surface area (Å²) in [6.07, 6.45) is 3.94. The Balaban J connectivity index is 3.38. The predicted octanol–water partition coefficient (Wildman–Crippen LogP) is 2.82. The second kappa shape index (κ2) is 15.7. The zero-order valence-electron chi connectivity index (χ0n) is 13.9. The van der Waals surface area contributed by atoms with Gasteiger partial charge in [-0.15, -0.1) is 0 Å². The van der Waals surface area contributed by atoms with E-state index in [1.807, 2.05) is 13.8 Å². The van der Waals surface area contributed by atoms with Gasteiger partial charge in [-0.05, 0) is 19.8 Å². The molecule has 5 nitrogen and oxygen atoms in total. The van der Waals surface area contributed by atoms with Gasteiger partial charge in [-0.2, -0.15) is 0 Å².